The van der Waals surface area contributed by atoms with Crippen LogP contribution in [0.25, 0.3) is 0 Å². The van der Waals surface area contributed by atoms with Gasteiger partial charge < -0.3 is 16.6 Å². The highest BCUT2D eigenvalue weighted by Gasteiger charge is 2.35. The summed E-state index contributed by atoms with van der Waals surface area (Å²) in [6.07, 6.45) is 0.693. The van der Waals surface area contributed by atoms with Gasteiger partial charge in [-0.2, -0.15) is 0 Å². The van der Waals surface area contributed by atoms with E-state index in [1.165, 1.54) is 16.9 Å². The topological polar surface area (TPSA) is 92.6 Å². The molecule has 5 N–H and O–H groups in total. The van der Waals surface area contributed by atoms with Crippen LogP contribution in [0.4, 0.5) is 5.00 Å². The highest BCUT2D eigenvalue weighted by Crippen LogP contribution is 2.43. The molecule has 1 aliphatic rings. The minimum absolute atomic E-state index is 0.00866. The molecular weight excluding hydrogens is 310 g/mol. The van der Waals surface area contributed by atoms with Crippen LogP contribution in [-0.4, -0.2) is 29.1 Å². The van der Waals surface area contributed by atoms with E-state index >= 15 is 0 Å². The zero-order chi connectivity index (χ0) is 16.6. The van der Waals surface area contributed by atoms with Crippen LogP contribution in [0.5, 0.6) is 0 Å². The summed E-state index contributed by atoms with van der Waals surface area (Å²) in [5.74, 6) is -0.944. The van der Waals surface area contributed by atoms with Crippen LogP contribution in [-0.2, 0) is 6.42 Å². The summed E-state index contributed by atoms with van der Waals surface area (Å²) in [4.78, 5) is 14.8. The Balaban J connectivity index is 1.98. The third-order valence-corrected chi connectivity index (χ3v) is 5.77. The third-order valence-electron chi connectivity index (χ3n) is 4.61. The molecule has 0 saturated carbocycles. The Morgan fingerprint density at radius 3 is 2.74 bits per heavy atom. The van der Waals surface area contributed by atoms with Crippen molar-refractivity contribution in [2.75, 3.05) is 18.8 Å². The molecule has 1 aromatic heterocycles. The van der Waals surface area contributed by atoms with E-state index in [-0.39, 0.29) is 17.6 Å². The number of hydrogen-bond acceptors (Lipinski definition) is 5. The van der Waals surface area contributed by atoms with Crippen LogP contribution in [0.2, 0.25) is 0 Å². The van der Waals surface area contributed by atoms with E-state index in [1.54, 1.807) is 0 Å². The van der Waals surface area contributed by atoms with Crippen molar-refractivity contribution in [2.45, 2.75) is 25.4 Å². The van der Waals surface area contributed by atoms with Crippen molar-refractivity contribution in [3.63, 3.8) is 0 Å². The van der Waals surface area contributed by atoms with Gasteiger partial charge in [-0.25, -0.2) is 4.79 Å². The lowest BCUT2D eigenvalue weighted by molar-refractivity contribution is 0.0695. The van der Waals surface area contributed by atoms with Gasteiger partial charge in [-0.1, -0.05) is 30.3 Å². The Hall–Kier alpha value is -1.89. The second kappa shape index (κ2) is 6.31. The minimum atomic E-state index is -0.944. The molecule has 0 saturated heterocycles. The predicted molar refractivity (Wildman–Crippen MR) is 92.8 cm³/mol. The summed E-state index contributed by atoms with van der Waals surface area (Å²) >= 11 is 1.37. The van der Waals surface area contributed by atoms with Crippen molar-refractivity contribution in [3.8, 4) is 0 Å². The molecular formula is C17H21N3O2S. The van der Waals surface area contributed by atoms with E-state index in [0.29, 0.717) is 18.0 Å². The van der Waals surface area contributed by atoms with Crippen LogP contribution < -0.4 is 11.5 Å². The average molecular weight is 331 g/mol. The zero-order valence-electron chi connectivity index (χ0n) is 13.0. The van der Waals surface area contributed by atoms with Gasteiger partial charge in [-0.3, -0.25) is 4.90 Å². The first-order valence-corrected chi connectivity index (χ1v) is 8.51. The number of carbonyl (C=O) groups is 1. The first-order chi connectivity index (χ1) is 11.0. The number of carboxylic acids is 1. The molecule has 23 heavy (non-hydrogen) atoms. The number of benzene rings is 1. The zero-order valence-corrected chi connectivity index (χ0v) is 13.8. The van der Waals surface area contributed by atoms with E-state index in [0.717, 1.165) is 17.0 Å². The maximum absolute atomic E-state index is 11.5. The highest BCUT2D eigenvalue weighted by atomic mass is 32.1. The lowest BCUT2D eigenvalue weighted by Crippen LogP contribution is -2.40. The normalized spacial score (nSPS) is 19.3. The van der Waals surface area contributed by atoms with Gasteiger partial charge in [-0.15, -0.1) is 11.3 Å². The Morgan fingerprint density at radius 2 is 2.13 bits per heavy atom. The third kappa shape index (κ3) is 2.73. The number of rotatable bonds is 4. The van der Waals surface area contributed by atoms with Crippen molar-refractivity contribution >= 4 is 22.3 Å². The number of nitrogens with two attached hydrogens (primary N) is 2. The number of aromatic carboxylic acids is 1. The lowest BCUT2D eigenvalue weighted by atomic mass is 9.94. The summed E-state index contributed by atoms with van der Waals surface area (Å²) in [5.41, 5.74) is 14.4. The first kappa shape index (κ1) is 16.0. The second-order valence-electron chi connectivity index (χ2n) is 5.82. The molecule has 0 amide bonds. The summed E-state index contributed by atoms with van der Waals surface area (Å²) in [7, 11) is 0. The monoisotopic (exact) mass is 331 g/mol. The number of hydrogen-bond donors (Lipinski definition) is 3. The van der Waals surface area contributed by atoms with Gasteiger partial charge in [0.25, 0.3) is 0 Å². The Labute approximate surface area is 139 Å². The summed E-state index contributed by atoms with van der Waals surface area (Å²) < 4.78 is 0. The Bertz CT molecular complexity index is 714. The van der Waals surface area contributed by atoms with Crippen LogP contribution in [0.15, 0.2) is 30.3 Å². The largest absolute Gasteiger partial charge is 0.478 e. The number of fused-ring (bicyclic) bond motifs is 1. The van der Waals surface area contributed by atoms with E-state index in [2.05, 4.69) is 24.0 Å². The van der Waals surface area contributed by atoms with Crippen LogP contribution >= 0.6 is 11.3 Å². The van der Waals surface area contributed by atoms with Gasteiger partial charge in [0.2, 0.25) is 0 Å². The van der Waals surface area contributed by atoms with Gasteiger partial charge in [0, 0.05) is 24.0 Å². The van der Waals surface area contributed by atoms with Crippen LogP contribution in [0, 0.1) is 0 Å². The molecule has 1 aromatic carbocycles. The van der Waals surface area contributed by atoms with Gasteiger partial charge in [0.1, 0.15) is 5.00 Å². The molecule has 5 nitrogen and oxygen atoms in total. The standard InChI is InChI=1S/C17H21N3O2S/c1-10(11-5-3-2-4-6-11)20-8-7-12-14(17(21)22)16(19)23-15(12)13(20)9-18/h2-6,10,13H,7-9,18-19H2,1H3,(H,21,22)/t10-,13-/m0/s1. The molecule has 2 atom stereocenters. The molecule has 0 bridgehead atoms. The highest BCUT2D eigenvalue weighted by molar-refractivity contribution is 7.16. The minimum Gasteiger partial charge on any atom is -0.478 e. The maximum Gasteiger partial charge on any atom is 0.338 e. The molecule has 3 rings (SSSR count). The van der Waals surface area contributed by atoms with Crippen molar-refractivity contribution in [1.29, 1.82) is 0 Å². The molecule has 2 aromatic rings. The Morgan fingerprint density at radius 1 is 1.43 bits per heavy atom. The molecule has 2 heterocycles. The molecule has 0 aliphatic carbocycles. The predicted octanol–water partition coefficient (Wildman–Crippen LogP) is 2.65. The summed E-state index contributed by atoms with van der Waals surface area (Å²) in [6.45, 7) is 3.39. The molecule has 122 valence electrons. The van der Waals surface area contributed by atoms with E-state index in [9.17, 15) is 9.90 Å². The average Bonchev–Trinajstić information content (AvgIpc) is 2.90. The quantitative estimate of drug-likeness (QED) is 0.801. The number of carboxylic acid groups (broad SMARTS) is 1. The van der Waals surface area contributed by atoms with Crippen molar-refractivity contribution < 1.29 is 9.90 Å². The van der Waals surface area contributed by atoms with Crippen LogP contribution in [0.1, 0.15) is 45.4 Å². The van der Waals surface area contributed by atoms with Crippen molar-refractivity contribution in [3.05, 3.63) is 51.9 Å². The Kier molecular flexibility index (Phi) is 4.39. The molecule has 0 fully saturated rings. The van der Waals surface area contributed by atoms with Crippen molar-refractivity contribution in [2.24, 2.45) is 5.73 Å². The fraction of sp³-hybridized carbons (Fsp3) is 0.353. The fourth-order valence-corrected chi connectivity index (χ4v) is 4.68. The van der Waals surface area contributed by atoms with E-state index in [4.69, 9.17) is 11.5 Å². The number of nitrogen functional groups attached to an aromatic ring is 1. The lowest BCUT2D eigenvalue weighted by Gasteiger charge is -2.39. The first-order valence-electron chi connectivity index (χ1n) is 7.69. The molecule has 1 aliphatic heterocycles. The second-order valence-corrected chi connectivity index (χ2v) is 6.90. The number of anilines is 1. The van der Waals surface area contributed by atoms with Gasteiger partial charge in [0.15, 0.2) is 0 Å². The summed E-state index contributed by atoms with van der Waals surface area (Å²) in [6, 6.07) is 10.5. The number of nitrogens with zero attached hydrogens (tertiary/aromatic N) is 1. The van der Waals surface area contributed by atoms with Crippen LogP contribution in [0.3, 0.4) is 0 Å². The van der Waals surface area contributed by atoms with Gasteiger partial charge in [-0.05, 0) is 24.5 Å². The van der Waals surface area contributed by atoms with Gasteiger partial charge in [0.05, 0.1) is 11.6 Å². The maximum atomic E-state index is 11.5. The molecule has 0 unspecified atom stereocenters. The van der Waals surface area contributed by atoms with E-state index < -0.39 is 5.97 Å². The van der Waals surface area contributed by atoms with Crippen molar-refractivity contribution in [1.82, 2.24) is 4.90 Å². The molecule has 6 heteroatoms. The molecule has 0 radical (unpaired) electrons. The van der Waals surface area contributed by atoms with Gasteiger partial charge >= 0.3 is 5.97 Å². The molecule has 0 spiro atoms. The summed E-state index contributed by atoms with van der Waals surface area (Å²) in [5, 5.41) is 9.79. The smallest absolute Gasteiger partial charge is 0.338 e. The van der Waals surface area contributed by atoms with E-state index in [1.807, 2.05) is 18.2 Å². The fourth-order valence-electron chi connectivity index (χ4n) is 3.43. The number of thiophene rings is 1. The SMILES string of the molecule is C[C@@H](c1ccccc1)N1CCc2c(sc(N)c2C(=O)O)[C@@H]1CN.